The highest BCUT2D eigenvalue weighted by atomic mass is 35.5. The summed E-state index contributed by atoms with van der Waals surface area (Å²) in [4.78, 5) is 34.1. The van der Waals surface area contributed by atoms with Crippen LogP contribution in [0.15, 0.2) is 118 Å². The second kappa shape index (κ2) is 15.1. The first-order chi connectivity index (χ1) is 25.3. The molecule has 0 saturated heterocycles. The molecule has 0 amide bonds. The smallest absolute Gasteiger partial charge is 0.338 e. The van der Waals surface area contributed by atoms with E-state index in [0.717, 1.165) is 16.3 Å². The van der Waals surface area contributed by atoms with E-state index in [2.05, 4.69) is 0 Å². The molecule has 7 rings (SSSR count). The van der Waals surface area contributed by atoms with Crippen LogP contribution in [0.1, 0.15) is 35.2 Å². The predicted molar refractivity (Wildman–Crippen MR) is 205 cm³/mol. The molecule has 2 heterocycles. The number of carbonyl (C=O) groups excluding carboxylic acids is 1. The van der Waals surface area contributed by atoms with Gasteiger partial charge >= 0.3 is 5.97 Å². The third-order valence-corrected chi connectivity index (χ3v) is 10.4. The molecule has 0 saturated carbocycles. The van der Waals surface area contributed by atoms with Crippen LogP contribution in [0, 0.1) is 0 Å². The standard InChI is InChI=1S/C41H32Cl2N2O6S/c1-4-50-40(47)36-37(27-11-6-5-7-12-27)44-41-45(38(36)35-28-13-9-8-10-26(28)16-19-32(35)48-2)39(46)34(52-41)22-24-15-18-31(33(21-24)49-3)51-23-25-14-17-29(42)30(43)20-25/h5-22,38H,4,23H2,1-3H3. The Morgan fingerprint density at radius 2 is 1.62 bits per heavy atom. The van der Waals surface area contributed by atoms with Gasteiger partial charge in [-0.2, -0.15) is 0 Å². The van der Waals surface area contributed by atoms with Crippen molar-refractivity contribution in [3.05, 3.63) is 161 Å². The van der Waals surface area contributed by atoms with Gasteiger partial charge in [0.25, 0.3) is 5.56 Å². The van der Waals surface area contributed by atoms with Gasteiger partial charge in [0.05, 0.1) is 46.7 Å². The van der Waals surface area contributed by atoms with Gasteiger partial charge in [-0.25, -0.2) is 9.79 Å². The summed E-state index contributed by atoms with van der Waals surface area (Å²) in [6.45, 7) is 2.14. The fourth-order valence-corrected chi connectivity index (χ4v) is 7.61. The van der Waals surface area contributed by atoms with Crippen LogP contribution >= 0.6 is 34.5 Å². The first-order valence-electron chi connectivity index (χ1n) is 16.4. The maximum absolute atomic E-state index is 14.6. The average molecular weight is 752 g/mol. The molecule has 1 aliphatic rings. The van der Waals surface area contributed by atoms with Crippen LogP contribution in [0.3, 0.4) is 0 Å². The van der Waals surface area contributed by atoms with Gasteiger partial charge in [0, 0.05) is 11.1 Å². The number of halogens is 2. The topological polar surface area (TPSA) is 88.4 Å². The Balaban J connectivity index is 1.40. The van der Waals surface area contributed by atoms with Crippen LogP contribution < -0.4 is 29.1 Å². The number of carbonyl (C=O) groups is 1. The summed E-state index contributed by atoms with van der Waals surface area (Å²) in [5.74, 6) is 0.953. The quantitative estimate of drug-likeness (QED) is 0.132. The molecule has 1 atom stereocenters. The van der Waals surface area contributed by atoms with Crippen LogP contribution in [-0.2, 0) is 16.1 Å². The van der Waals surface area contributed by atoms with Crippen molar-refractivity contribution in [1.82, 2.24) is 4.57 Å². The molecule has 11 heteroatoms. The van der Waals surface area contributed by atoms with E-state index in [0.29, 0.717) is 59.0 Å². The van der Waals surface area contributed by atoms with Gasteiger partial charge < -0.3 is 18.9 Å². The minimum atomic E-state index is -0.916. The second-order valence-corrected chi connectivity index (χ2v) is 13.6. The molecule has 1 aliphatic heterocycles. The Bertz CT molecular complexity index is 2550. The van der Waals surface area contributed by atoms with Crippen molar-refractivity contribution >= 4 is 63.1 Å². The molecular formula is C41H32Cl2N2O6S. The van der Waals surface area contributed by atoms with Crippen molar-refractivity contribution in [2.24, 2.45) is 4.99 Å². The molecule has 0 aliphatic carbocycles. The third-order valence-electron chi connectivity index (χ3n) is 8.66. The number of esters is 1. The third kappa shape index (κ3) is 6.70. The fraction of sp³-hybridized carbons (Fsp3) is 0.146. The molecule has 0 spiro atoms. The van der Waals surface area contributed by atoms with Gasteiger partial charge in [0.15, 0.2) is 16.3 Å². The van der Waals surface area contributed by atoms with Crippen molar-refractivity contribution in [1.29, 1.82) is 0 Å². The lowest BCUT2D eigenvalue weighted by Gasteiger charge is -2.28. The highest BCUT2D eigenvalue weighted by molar-refractivity contribution is 7.07. The molecule has 1 aromatic heterocycles. The zero-order valence-electron chi connectivity index (χ0n) is 28.4. The van der Waals surface area contributed by atoms with Crippen LogP contribution in [0.5, 0.6) is 17.2 Å². The van der Waals surface area contributed by atoms with E-state index >= 15 is 0 Å². The Kier molecular flexibility index (Phi) is 10.2. The molecule has 262 valence electrons. The number of hydrogen-bond acceptors (Lipinski definition) is 8. The van der Waals surface area contributed by atoms with Crippen LogP contribution in [0.25, 0.3) is 22.5 Å². The van der Waals surface area contributed by atoms with Gasteiger partial charge in [-0.1, -0.05) is 107 Å². The van der Waals surface area contributed by atoms with Crippen LogP contribution in [0.4, 0.5) is 0 Å². The van der Waals surface area contributed by atoms with E-state index < -0.39 is 12.0 Å². The van der Waals surface area contributed by atoms with Gasteiger partial charge in [-0.15, -0.1) is 0 Å². The molecular weight excluding hydrogens is 719 g/mol. The minimum absolute atomic E-state index is 0.142. The lowest BCUT2D eigenvalue weighted by Crippen LogP contribution is -2.40. The van der Waals surface area contributed by atoms with Gasteiger partial charge in [-0.05, 0) is 65.2 Å². The van der Waals surface area contributed by atoms with E-state index in [4.69, 9.17) is 47.1 Å². The lowest BCUT2D eigenvalue weighted by molar-refractivity contribution is -0.138. The van der Waals surface area contributed by atoms with E-state index in [1.165, 1.54) is 11.3 Å². The number of thiazole rings is 1. The summed E-state index contributed by atoms with van der Waals surface area (Å²) in [5.41, 5.74) is 3.27. The largest absolute Gasteiger partial charge is 0.496 e. The monoisotopic (exact) mass is 750 g/mol. The summed E-state index contributed by atoms with van der Waals surface area (Å²) in [6, 6.07) is 30.9. The maximum atomic E-state index is 14.6. The normalized spacial score (nSPS) is 14.2. The van der Waals surface area contributed by atoms with Crippen molar-refractivity contribution in [2.75, 3.05) is 20.8 Å². The summed E-state index contributed by atoms with van der Waals surface area (Å²) in [6.07, 6.45) is 1.78. The van der Waals surface area contributed by atoms with Crippen LogP contribution in [-0.4, -0.2) is 31.4 Å². The number of methoxy groups -OCH3 is 2. The van der Waals surface area contributed by atoms with E-state index in [1.54, 1.807) is 56.1 Å². The highest BCUT2D eigenvalue weighted by Crippen LogP contribution is 2.42. The second-order valence-electron chi connectivity index (χ2n) is 11.8. The average Bonchev–Trinajstić information content (AvgIpc) is 3.48. The Morgan fingerprint density at radius 3 is 2.37 bits per heavy atom. The SMILES string of the molecule is CCOC(=O)C1=C(c2ccccc2)N=c2sc(=Cc3ccc(OCc4ccc(Cl)c(Cl)c4)c(OC)c3)c(=O)n2C1c1c(OC)ccc2ccccc12. The zero-order valence-corrected chi connectivity index (χ0v) is 30.7. The Hall–Kier alpha value is -5.35. The highest BCUT2D eigenvalue weighted by Gasteiger charge is 2.37. The molecule has 6 aromatic rings. The molecule has 5 aromatic carbocycles. The molecule has 0 bridgehead atoms. The first kappa shape index (κ1) is 35.1. The van der Waals surface area contributed by atoms with Crippen molar-refractivity contribution < 1.29 is 23.7 Å². The number of ether oxygens (including phenoxy) is 4. The maximum Gasteiger partial charge on any atom is 0.338 e. The Morgan fingerprint density at radius 1 is 0.865 bits per heavy atom. The lowest BCUT2D eigenvalue weighted by atomic mass is 9.89. The number of benzene rings is 5. The van der Waals surface area contributed by atoms with Crippen LogP contribution in [0.2, 0.25) is 10.0 Å². The summed E-state index contributed by atoms with van der Waals surface area (Å²) in [5, 5.41) is 2.67. The number of hydrogen-bond donors (Lipinski definition) is 0. The van der Waals surface area contributed by atoms with E-state index in [-0.39, 0.29) is 24.3 Å². The van der Waals surface area contributed by atoms with Gasteiger partial charge in [0.2, 0.25) is 0 Å². The number of rotatable bonds is 10. The number of nitrogens with zero attached hydrogens (tertiary/aromatic N) is 2. The molecule has 0 fully saturated rings. The number of fused-ring (bicyclic) bond motifs is 2. The zero-order chi connectivity index (χ0) is 36.4. The number of aromatic nitrogens is 1. The first-order valence-corrected chi connectivity index (χ1v) is 18.0. The summed E-state index contributed by atoms with van der Waals surface area (Å²) < 4.78 is 25.3. The van der Waals surface area contributed by atoms with Gasteiger partial charge in [-0.3, -0.25) is 9.36 Å². The molecule has 52 heavy (non-hydrogen) atoms. The summed E-state index contributed by atoms with van der Waals surface area (Å²) >= 11 is 13.5. The molecule has 0 N–H and O–H groups in total. The van der Waals surface area contributed by atoms with Gasteiger partial charge in [0.1, 0.15) is 18.4 Å². The summed E-state index contributed by atoms with van der Waals surface area (Å²) in [7, 11) is 3.13. The minimum Gasteiger partial charge on any atom is -0.496 e. The van der Waals surface area contributed by atoms with Crippen molar-refractivity contribution in [3.8, 4) is 17.2 Å². The molecule has 8 nitrogen and oxygen atoms in total. The predicted octanol–water partition coefficient (Wildman–Crippen LogP) is 7.99. The van der Waals surface area contributed by atoms with E-state index in [9.17, 15) is 9.59 Å². The molecule has 0 radical (unpaired) electrons. The molecule has 1 unspecified atom stereocenters. The van der Waals surface area contributed by atoms with Crippen molar-refractivity contribution in [2.45, 2.75) is 19.6 Å². The van der Waals surface area contributed by atoms with E-state index in [1.807, 2.05) is 78.9 Å². The van der Waals surface area contributed by atoms with Crippen molar-refractivity contribution in [3.63, 3.8) is 0 Å². The Labute approximate surface area is 313 Å². The fourth-order valence-electron chi connectivity index (χ4n) is 6.28.